The maximum absolute atomic E-state index is 12.5. The van der Waals surface area contributed by atoms with Gasteiger partial charge in [-0.3, -0.25) is 15.0 Å². The van der Waals surface area contributed by atoms with Crippen LogP contribution in [0.2, 0.25) is 0 Å². The molecule has 116 valence electrons. The van der Waals surface area contributed by atoms with Crippen molar-refractivity contribution >= 4 is 23.6 Å². The molecule has 0 unspecified atom stereocenters. The highest BCUT2D eigenvalue weighted by Crippen LogP contribution is 2.25. The molecule has 1 aliphatic rings. The Hall–Kier alpha value is -3.08. The van der Waals surface area contributed by atoms with Crippen molar-refractivity contribution in [3.05, 3.63) is 65.7 Å². The normalized spacial score (nSPS) is 15.9. The van der Waals surface area contributed by atoms with Gasteiger partial charge in [-0.15, -0.1) is 0 Å². The highest BCUT2D eigenvalue weighted by Gasteiger charge is 2.34. The van der Waals surface area contributed by atoms with Crippen LogP contribution in [0.25, 0.3) is 6.08 Å². The van der Waals surface area contributed by atoms with Crippen LogP contribution in [0, 0.1) is 0 Å². The van der Waals surface area contributed by atoms with E-state index < -0.39 is 5.91 Å². The lowest BCUT2D eigenvalue weighted by molar-refractivity contribution is -0.117. The van der Waals surface area contributed by atoms with Gasteiger partial charge in [0, 0.05) is 5.56 Å². The van der Waals surface area contributed by atoms with Crippen LogP contribution in [0.5, 0.6) is 5.75 Å². The fourth-order valence-electron chi connectivity index (χ4n) is 2.36. The topological polar surface area (TPSA) is 58.6 Å². The van der Waals surface area contributed by atoms with E-state index in [2.05, 4.69) is 5.43 Å². The molecule has 3 rings (SSSR count). The van der Waals surface area contributed by atoms with E-state index in [1.165, 1.54) is 5.01 Å². The number of carbonyl (C=O) groups is 2. The highest BCUT2D eigenvalue weighted by atomic mass is 16.5. The van der Waals surface area contributed by atoms with Crippen LogP contribution in [0.15, 0.2) is 60.2 Å². The van der Waals surface area contributed by atoms with E-state index in [9.17, 15) is 9.59 Å². The first-order valence-corrected chi connectivity index (χ1v) is 7.34. The van der Waals surface area contributed by atoms with Gasteiger partial charge in [0.15, 0.2) is 0 Å². The van der Waals surface area contributed by atoms with Crippen LogP contribution in [0.4, 0.5) is 5.69 Å². The van der Waals surface area contributed by atoms with Crippen molar-refractivity contribution in [3.8, 4) is 5.75 Å². The molecule has 23 heavy (non-hydrogen) atoms. The average molecular weight is 308 g/mol. The molecular weight excluding hydrogens is 292 g/mol. The zero-order valence-electron chi connectivity index (χ0n) is 12.7. The van der Waals surface area contributed by atoms with Gasteiger partial charge in [0.2, 0.25) is 0 Å². The van der Waals surface area contributed by atoms with Gasteiger partial charge >= 0.3 is 0 Å². The molecule has 5 heteroatoms. The molecular formula is C18H16N2O3. The largest absolute Gasteiger partial charge is 0.493 e. The first kappa shape index (κ1) is 14.8. The standard InChI is InChI=1S/C18H16N2O3/c1-2-23-16-11-7-6-8-13(16)12-15-17(21)19-20(18(15)22)14-9-4-3-5-10-14/h3-12H,2H2,1H3,(H,19,21). The van der Waals surface area contributed by atoms with Gasteiger partial charge in [0.1, 0.15) is 11.3 Å². The van der Waals surface area contributed by atoms with Crippen LogP contribution in [0.3, 0.4) is 0 Å². The molecule has 1 N–H and O–H groups in total. The van der Waals surface area contributed by atoms with Gasteiger partial charge in [-0.1, -0.05) is 36.4 Å². The molecule has 1 saturated heterocycles. The van der Waals surface area contributed by atoms with E-state index >= 15 is 0 Å². The Morgan fingerprint density at radius 2 is 1.74 bits per heavy atom. The monoisotopic (exact) mass is 308 g/mol. The molecule has 0 aliphatic carbocycles. The molecule has 0 aromatic heterocycles. The van der Waals surface area contributed by atoms with E-state index in [0.29, 0.717) is 23.6 Å². The summed E-state index contributed by atoms with van der Waals surface area (Å²) in [6.45, 7) is 2.39. The van der Waals surface area contributed by atoms with Crippen molar-refractivity contribution in [2.75, 3.05) is 11.6 Å². The van der Waals surface area contributed by atoms with Crippen LogP contribution < -0.4 is 15.2 Å². The SMILES string of the molecule is CCOc1ccccc1C=C1C(=O)NN(c2ccccc2)C1=O. The van der Waals surface area contributed by atoms with Gasteiger partial charge in [-0.2, -0.15) is 0 Å². The van der Waals surface area contributed by atoms with E-state index in [1.54, 1.807) is 30.3 Å². The Morgan fingerprint density at radius 1 is 1.04 bits per heavy atom. The molecule has 0 bridgehead atoms. The number of amides is 2. The minimum atomic E-state index is -0.426. The maximum Gasteiger partial charge on any atom is 0.282 e. The van der Waals surface area contributed by atoms with Crippen molar-refractivity contribution in [1.82, 2.24) is 5.43 Å². The Labute approximate surface area is 134 Å². The Bertz CT molecular complexity index is 769. The number of carbonyl (C=O) groups excluding carboxylic acids is 2. The molecule has 0 saturated carbocycles. The summed E-state index contributed by atoms with van der Waals surface area (Å²) in [7, 11) is 0. The first-order valence-electron chi connectivity index (χ1n) is 7.34. The Morgan fingerprint density at radius 3 is 2.48 bits per heavy atom. The summed E-state index contributed by atoms with van der Waals surface area (Å²) in [4.78, 5) is 24.7. The third kappa shape index (κ3) is 2.94. The summed E-state index contributed by atoms with van der Waals surface area (Å²) in [5.74, 6) is -0.168. The zero-order valence-corrected chi connectivity index (χ0v) is 12.7. The number of benzene rings is 2. The van der Waals surface area contributed by atoms with Gasteiger partial charge in [0.05, 0.1) is 12.3 Å². The Balaban J connectivity index is 1.95. The molecule has 1 aliphatic heterocycles. The predicted octanol–water partition coefficient (Wildman–Crippen LogP) is 2.55. The van der Waals surface area contributed by atoms with E-state index in [4.69, 9.17) is 4.74 Å². The molecule has 0 spiro atoms. The summed E-state index contributed by atoms with van der Waals surface area (Å²) in [6.07, 6.45) is 1.56. The number of hydrogen-bond donors (Lipinski definition) is 1. The number of hydrazine groups is 1. The van der Waals surface area contributed by atoms with Gasteiger partial charge in [0.25, 0.3) is 11.8 Å². The number of para-hydroxylation sites is 2. The molecule has 0 atom stereocenters. The molecule has 2 aromatic carbocycles. The van der Waals surface area contributed by atoms with Gasteiger partial charge in [-0.25, -0.2) is 5.01 Å². The quantitative estimate of drug-likeness (QED) is 0.697. The summed E-state index contributed by atoms with van der Waals surface area (Å²) in [6, 6.07) is 16.3. The summed E-state index contributed by atoms with van der Waals surface area (Å²) in [5, 5.41) is 1.25. The summed E-state index contributed by atoms with van der Waals surface area (Å²) >= 11 is 0. The lowest BCUT2D eigenvalue weighted by Gasteiger charge is -2.13. The van der Waals surface area contributed by atoms with Crippen molar-refractivity contribution in [1.29, 1.82) is 0 Å². The number of nitrogens with one attached hydrogen (secondary N) is 1. The van der Waals surface area contributed by atoms with E-state index in [0.717, 1.165) is 0 Å². The van der Waals surface area contributed by atoms with E-state index in [1.807, 2.05) is 37.3 Å². The van der Waals surface area contributed by atoms with E-state index in [-0.39, 0.29) is 11.5 Å². The molecule has 1 heterocycles. The van der Waals surface area contributed by atoms with Crippen LogP contribution in [0.1, 0.15) is 12.5 Å². The molecule has 0 radical (unpaired) electrons. The zero-order chi connectivity index (χ0) is 16.2. The van der Waals surface area contributed by atoms with Gasteiger partial charge < -0.3 is 4.74 Å². The maximum atomic E-state index is 12.5. The number of rotatable bonds is 4. The number of hydrogen-bond acceptors (Lipinski definition) is 3. The summed E-state index contributed by atoms with van der Waals surface area (Å²) in [5.41, 5.74) is 3.98. The van der Waals surface area contributed by atoms with Crippen molar-refractivity contribution < 1.29 is 14.3 Å². The second-order valence-corrected chi connectivity index (χ2v) is 4.95. The van der Waals surface area contributed by atoms with Crippen LogP contribution >= 0.6 is 0 Å². The minimum Gasteiger partial charge on any atom is -0.493 e. The summed E-state index contributed by atoms with van der Waals surface area (Å²) < 4.78 is 5.53. The Kier molecular flexibility index (Phi) is 4.10. The second-order valence-electron chi connectivity index (χ2n) is 4.95. The fourth-order valence-corrected chi connectivity index (χ4v) is 2.36. The lowest BCUT2D eigenvalue weighted by atomic mass is 10.1. The average Bonchev–Trinajstić information content (AvgIpc) is 2.86. The molecule has 2 aromatic rings. The number of nitrogens with zero attached hydrogens (tertiary/aromatic N) is 1. The third-order valence-corrected chi connectivity index (χ3v) is 3.42. The fraction of sp³-hybridized carbons (Fsp3) is 0.111. The molecule has 1 fully saturated rings. The lowest BCUT2D eigenvalue weighted by Crippen LogP contribution is -2.35. The smallest absolute Gasteiger partial charge is 0.282 e. The van der Waals surface area contributed by atoms with Crippen LogP contribution in [-0.2, 0) is 9.59 Å². The van der Waals surface area contributed by atoms with Crippen molar-refractivity contribution in [3.63, 3.8) is 0 Å². The number of ether oxygens (including phenoxy) is 1. The van der Waals surface area contributed by atoms with Crippen molar-refractivity contribution in [2.45, 2.75) is 6.92 Å². The second kappa shape index (κ2) is 6.36. The minimum absolute atomic E-state index is 0.0843. The highest BCUT2D eigenvalue weighted by molar-refractivity contribution is 6.31. The molecule has 5 nitrogen and oxygen atoms in total. The number of anilines is 1. The van der Waals surface area contributed by atoms with Crippen molar-refractivity contribution in [2.24, 2.45) is 0 Å². The predicted molar refractivity (Wildman–Crippen MR) is 87.7 cm³/mol. The molecule has 2 amide bonds. The van der Waals surface area contributed by atoms with Gasteiger partial charge in [-0.05, 0) is 31.2 Å². The first-order chi connectivity index (χ1) is 11.2. The van der Waals surface area contributed by atoms with Crippen LogP contribution in [-0.4, -0.2) is 18.4 Å². The third-order valence-electron chi connectivity index (χ3n) is 3.42.